The van der Waals surface area contributed by atoms with E-state index in [0.29, 0.717) is 28.6 Å². The van der Waals surface area contributed by atoms with E-state index in [1.807, 2.05) is 43.3 Å². The molecule has 5 heteroatoms. The van der Waals surface area contributed by atoms with Crippen LogP contribution in [-0.4, -0.2) is 22.7 Å². The summed E-state index contributed by atoms with van der Waals surface area (Å²) < 4.78 is 6.06. The number of unbranched alkanes of at least 4 members (excludes halogenated alkanes) is 2. The average molecular weight is 369 g/mol. The zero-order valence-electron chi connectivity index (χ0n) is 15.1. The molecule has 0 radical (unpaired) electrons. The summed E-state index contributed by atoms with van der Waals surface area (Å²) in [5.41, 5.74) is 1.52. The van der Waals surface area contributed by atoms with Crippen molar-refractivity contribution in [3.8, 4) is 16.3 Å². The molecular weight excluding hydrogens is 346 g/mol. The van der Waals surface area contributed by atoms with E-state index in [-0.39, 0.29) is 0 Å². The van der Waals surface area contributed by atoms with E-state index in [4.69, 9.17) is 4.74 Å². The van der Waals surface area contributed by atoms with Gasteiger partial charge < -0.3 is 9.84 Å². The van der Waals surface area contributed by atoms with Gasteiger partial charge in [0.05, 0.1) is 17.9 Å². The molecule has 3 aromatic rings. The van der Waals surface area contributed by atoms with Crippen LogP contribution in [0.4, 0.5) is 0 Å². The quantitative estimate of drug-likeness (QED) is 0.510. The predicted molar refractivity (Wildman–Crippen MR) is 106 cm³/mol. The fourth-order valence-corrected chi connectivity index (χ4v) is 4.05. The summed E-state index contributed by atoms with van der Waals surface area (Å²) in [7, 11) is 0. The third-order valence-electron chi connectivity index (χ3n) is 4.34. The number of aromatic carboxylic acids is 1. The Balaban J connectivity index is 2.11. The fraction of sp³-hybridized carbons (Fsp3) is 0.333. The molecule has 0 atom stereocenters. The molecule has 26 heavy (non-hydrogen) atoms. The molecule has 2 aromatic carbocycles. The molecule has 1 aromatic heterocycles. The molecule has 0 aliphatic carbocycles. The second kappa shape index (κ2) is 8.32. The zero-order chi connectivity index (χ0) is 18.5. The smallest absolute Gasteiger partial charge is 0.347 e. The third kappa shape index (κ3) is 3.73. The molecule has 0 saturated heterocycles. The van der Waals surface area contributed by atoms with Crippen LogP contribution in [0.25, 0.3) is 21.3 Å². The zero-order valence-corrected chi connectivity index (χ0v) is 15.9. The molecule has 0 saturated carbocycles. The molecule has 0 aliphatic heterocycles. The first-order valence-corrected chi connectivity index (χ1v) is 9.85. The highest BCUT2D eigenvalue weighted by molar-refractivity contribution is 7.17. The number of ether oxygens (including phenoxy) is 1. The van der Waals surface area contributed by atoms with Crippen molar-refractivity contribution < 1.29 is 14.6 Å². The maximum Gasteiger partial charge on any atom is 0.347 e. The molecule has 0 fully saturated rings. The van der Waals surface area contributed by atoms with E-state index in [0.717, 1.165) is 41.3 Å². The Morgan fingerprint density at radius 2 is 1.96 bits per heavy atom. The molecule has 136 valence electrons. The average Bonchev–Trinajstić information content (AvgIpc) is 3.09. The predicted octanol–water partition coefficient (Wildman–Crippen LogP) is 5.79. The summed E-state index contributed by atoms with van der Waals surface area (Å²) in [6, 6.07) is 12.1. The maximum absolute atomic E-state index is 11.6. The van der Waals surface area contributed by atoms with Gasteiger partial charge in [0.25, 0.3) is 0 Å². The van der Waals surface area contributed by atoms with Crippen molar-refractivity contribution >= 4 is 28.1 Å². The van der Waals surface area contributed by atoms with Crippen LogP contribution < -0.4 is 4.74 Å². The van der Waals surface area contributed by atoms with Crippen molar-refractivity contribution in [1.29, 1.82) is 0 Å². The minimum Gasteiger partial charge on any atom is -0.493 e. The second-order valence-corrected chi connectivity index (χ2v) is 7.17. The molecule has 3 rings (SSSR count). The van der Waals surface area contributed by atoms with Crippen LogP contribution in [0, 0.1) is 0 Å². The summed E-state index contributed by atoms with van der Waals surface area (Å²) >= 11 is 1.23. The first kappa shape index (κ1) is 18.4. The number of hydrogen-bond acceptors (Lipinski definition) is 4. The number of aromatic nitrogens is 1. The fourth-order valence-electron chi connectivity index (χ4n) is 2.99. The molecule has 1 heterocycles. The van der Waals surface area contributed by atoms with Crippen molar-refractivity contribution in [2.45, 2.75) is 39.5 Å². The monoisotopic (exact) mass is 369 g/mol. The summed E-state index contributed by atoms with van der Waals surface area (Å²) in [5, 5.41) is 12.3. The Hall–Kier alpha value is -2.40. The molecule has 4 nitrogen and oxygen atoms in total. The maximum atomic E-state index is 11.6. The Bertz CT molecular complexity index is 917. The van der Waals surface area contributed by atoms with Gasteiger partial charge in [0, 0.05) is 0 Å². The first-order chi connectivity index (χ1) is 12.7. The summed E-state index contributed by atoms with van der Waals surface area (Å²) in [6.07, 6.45) is 3.86. The number of aryl methyl sites for hydroxylation is 1. The lowest BCUT2D eigenvalue weighted by atomic mass is 10.0. The molecule has 0 bridgehead atoms. The summed E-state index contributed by atoms with van der Waals surface area (Å²) in [5.74, 6) is -0.149. The lowest BCUT2D eigenvalue weighted by molar-refractivity contribution is 0.0701. The number of benzene rings is 2. The highest BCUT2D eigenvalue weighted by atomic mass is 32.1. The van der Waals surface area contributed by atoms with E-state index in [1.165, 1.54) is 11.3 Å². The Morgan fingerprint density at radius 1 is 1.15 bits per heavy atom. The normalized spacial score (nSPS) is 11.0. The SMILES string of the molecule is CCCCCOc1ccc2ccccc2c1-c1nc(CC)c(C(=O)O)s1. The van der Waals surface area contributed by atoms with Gasteiger partial charge in [-0.1, -0.05) is 57.0 Å². The van der Waals surface area contributed by atoms with Crippen LogP contribution in [-0.2, 0) is 6.42 Å². The molecule has 0 unspecified atom stereocenters. The number of thiazole rings is 1. The molecule has 0 spiro atoms. The van der Waals surface area contributed by atoms with Gasteiger partial charge in [0.1, 0.15) is 15.6 Å². The minimum absolute atomic E-state index is 0.312. The topological polar surface area (TPSA) is 59.4 Å². The highest BCUT2D eigenvalue weighted by Crippen LogP contribution is 2.40. The van der Waals surface area contributed by atoms with Crippen LogP contribution in [0.2, 0.25) is 0 Å². The number of carboxylic acids is 1. The van der Waals surface area contributed by atoms with Gasteiger partial charge in [-0.3, -0.25) is 0 Å². The van der Waals surface area contributed by atoms with Crippen LogP contribution >= 0.6 is 11.3 Å². The molecule has 0 aliphatic rings. The number of rotatable bonds is 8. The Kier molecular flexibility index (Phi) is 5.89. The Morgan fingerprint density at radius 3 is 2.65 bits per heavy atom. The van der Waals surface area contributed by atoms with Gasteiger partial charge in [-0.05, 0) is 29.7 Å². The van der Waals surface area contributed by atoms with Gasteiger partial charge in [-0.15, -0.1) is 11.3 Å². The standard InChI is InChI=1S/C21H23NO3S/c1-3-5-8-13-25-17-12-11-14-9-6-7-10-15(14)18(17)20-22-16(4-2)19(26-20)21(23)24/h6-7,9-12H,3-5,8,13H2,1-2H3,(H,23,24). The van der Waals surface area contributed by atoms with Gasteiger partial charge in [-0.2, -0.15) is 0 Å². The van der Waals surface area contributed by atoms with Gasteiger partial charge in [-0.25, -0.2) is 9.78 Å². The molecule has 0 amide bonds. The van der Waals surface area contributed by atoms with Crippen LogP contribution in [0.1, 0.15) is 48.5 Å². The van der Waals surface area contributed by atoms with Crippen LogP contribution in [0.3, 0.4) is 0 Å². The van der Waals surface area contributed by atoms with E-state index < -0.39 is 5.97 Å². The van der Waals surface area contributed by atoms with Crippen molar-refractivity contribution in [3.05, 3.63) is 47.0 Å². The van der Waals surface area contributed by atoms with Crippen LogP contribution in [0.15, 0.2) is 36.4 Å². The number of carboxylic acid groups (broad SMARTS) is 1. The van der Waals surface area contributed by atoms with Crippen molar-refractivity contribution in [1.82, 2.24) is 4.98 Å². The molecular formula is C21H23NO3S. The lowest BCUT2D eigenvalue weighted by Gasteiger charge is -2.13. The van der Waals surface area contributed by atoms with Crippen molar-refractivity contribution in [2.75, 3.05) is 6.61 Å². The lowest BCUT2D eigenvalue weighted by Crippen LogP contribution is -1.99. The third-order valence-corrected chi connectivity index (χ3v) is 5.44. The van der Waals surface area contributed by atoms with Crippen molar-refractivity contribution in [3.63, 3.8) is 0 Å². The van der Waals surface area contributed by atoms with E-state index in [1.54, 1.807) is 0 Å². The second-order valence-electron chi connectivity index (χ2n) is 6.17. The van der Waals surface area contributed by atoms with E-state index in [2.05, 4.69) is 11.9 Å². The van der Waals surface area contributed by atoms with Gasteiger partial charge >= 0.3 is 5.97 Å². The Labute approximate surface area is 157 Å². The highest BCUT2D eigenvalue weighted by Gasteiger charge is 2.21. The van der Waals surface area contributed by atoms with Gasteiger partial charge in [0.2, 0.25) is 0 Å². The number of hydrogen-bond donors (Lipinski definition) is 1. The van der Waals surface area contributed by atoms with E-state index in [9.17, 15) is 9.90 Å². The minimum atomic E-state index is -0.920. The van der Waals surface area contributed by atoms with E-state index >= 15 is 0 Å². The first-order valence-electron chi connectivity index (χ1n) is 9.03. The number of fused-ring (bicyclic) bond motifs is 1. The van der Waals surface area contributed by atoms with Crippen molar-refractivity contribution in [2.24, 2.45) is 0 Å². The number of carbonyl (C=O) groups is 1. The summed E-state index contributed by atoms with van der Waals surface area (Å²) in [6.45, 7) is 4.74. The molecule has 1 N–H and O–H groups in total. The van der Waals surface area contributed by atoms with Crippen LogP contribution in [0.5, 0.6) is 5.75 Å². The largest absolute Gasteiger partial charge is 0.493 e. The summed E-state index contributed by atoms with van der Waals surface area (Å²) in [4.78, 5) is 16.5. The van der Waals surface area contributed by atoms with Gasteiger partial charge in [0.15, 0.2) is 0 Å². The number of nitrogens with zero attached hydrogens (tertiary/aromatic N) is 1.